The fourth-order valence-electron chi connectivity index (χ4n) is 8.86. The molecule has 280 valence electrons. The maximum Gasteiger partial charge on any atom is 0.238 e. The highest BCUT2D eigenvalue weighted by molar-refractivity contribution is 6.31. The molecule has 0 N–H and O–H groups in total. The lowest BCUT2D eigenvalue weighted by Crippen LogP contribution is -2.06. The van der Waals surface area contributed by atoms with Gasteiger partial charge >= 0.3 is 0 Å². The minimum absolute atomic E-state index is 0.557. The Kier molecular flexibility index (Phi) is 7.74. The Morgan fingerprint density at radius 1 is 0.300 bits per heavy atom. The molecular weight excluding hydrogens is 733 g/mol. The van der Waals surface area contributed by atoms with Crippen LogP contribution in [0.4, 0.5) is 0 Å². The first-order valence-corrected chi connectivity index (χ1v) is 20.2. The molecule has 12 rings (SSSR count). The zero-order valence-corrected chi connectivity index (χ0v) is 32.3. The second-order valence-corrected chi connectivity index (χ2v) is 15.0. The number of imidazole rings is 1. The summed E-state index contributed by atoms with van der Waals surface area (Å²) >= 11 is 0. The van der Waals surface area contributed by atoms with Crippen molar-refractivity contribution in [3.05, 3.63) is 206 Å². The molecule has 0 saturated heterocycles. The van der Waals surface area contributed by atoms with Crippen LogP contribution in [0.25, 0.3) is 111 Å². The summed E-state index contributed by atoms with van der Waals surface area (Å²) in [6.45, 7) is 0. The third-order valence-electron chi connectivity index (χ3n) is 11.6. The SMILES string of the molecule is c1ccc(-c2ccc(-c3nc(-c4ccccc4)c4c5c(ccc6c5c5ccccc5n6-c5nc(-c6ccccc6)nc(-c6ccccc6)n5)c5ccccc5n34)cc2)cc1. The predicted molar refractivity (Wildman–Crippen MR) is 245 cm³/mol. The van der Waals surface area contributed by atoms with Crippen molar-refractivity contribution in [2.75, 3.05) is 0 Å². The van der Waals surface area contributed by atoms with Crippen LogP contribution in [-0.2, 0) is 0 Å². The molecule has 0 fully saturated rings. The van der Waals surface area contributed by atoms with Crippen LogP contribution in [0.3, 0.4) is 0 Å². The smallest absolute Gasteiger partial charge is 0.238 e. The fraction of sp³-hybridized carbons (Fsp3) is 0. The van der Waals surface area contributed by atoms with Gasteiger partial charge in [0.15, 0.2) is 11.6 Å². The molecule has 6 nitrogen and oxygen atoms in total. The van der Waals surface area contributed by atoms with Gasteiger partial charge in [-0.05, 0) is 34.7 Å². The highest BCUT2D eigenvalue weighted by atomic mass is 15.2. The summed E-state index contributed by atoms with van der Waals surface area (Å²) in [6, 6.07) is 72.0. The highest BCUT2D eigenvalue weighted by Gasteiger charge is 2.25. The van der Waals surface area contributed by atoms with E-state index in [2.05, 4.69) is 155 Å². The molecule has 12 aromatic rings. The molecule has 0 aliphatic rings. The molecule has 0 saturated carbocycles. The third-order valence-corrected chi connectivity index (χ3v) is 11.6. The van der Waals surface area contributed by atoms with Gasteiger partial charge in [-0.15, -0.1) is 0 Å². The first-order valence-electron chi connectivity index (χ1n) is 20.2. The van der Waals surface area contributed by atoms with Crippen LogP contribution >= 0.6 is 0 Å². The van der Waals surface area contributed by atoms with Crippen LogP contribution in [0.5, 0.6) is 0 Å². The summed E-state index contributed by atoms with van der Waals surface area (Å²) in [7, 11) is 0. The van der Waals surface area contributed by atoms with E-state index in [0.29, 0.717) is 17.6 Å². The van der Waals surface area contributed by atoms with Crippen molar-refractivity contribution < 1.29 is 0 Å². The summed E-state index contributed by atoms with van der Waals surface area (Å²) in [4.78, 5) is 21.1. The van der Waals surface area contributed by atoms with E-state index < -0.39 is 0 Å². The van der Waals surface area contributed by atoms with E-state index in [-0.39, 0.29) is 0 Å². The third kappa shape index (κ3) is 5.35. The largest absolute Gasteiger partial charge is 0.291 e. The second kappa shape index (κ2) is 13.7. The minimum Gasteiger partial charge on any atom is -0.291 e. The quantitative estimate of drug-likeness (QED) is 0.158. The number of aromatic nitrogens is 6. The number of hydrogen-bond donors (Lipinski definition) is 0. The van der Waals surface area contributed by atoms with Crippen LogP contribution < -0.4 is 0 Å². The first-order chi connectivity index (χ1) is 29.8. The van der Waals surface area contributed by atoms with Crippen molar-refractivity contribution in [2.45, 2.75) is 0 Å². The van der Waals surface area contributed by atoms with Gasteiger partial charge in [-0.2, -0.15) is 9.97 Å². The summed E-state index contributed by atoms with van der Waals surface area (Å²) < 4.78 is 4.59. The standard InChI is InChI=1S/C54H34N6/c1-5-17-35(18-6-1)36-29-31-40(32-30-36)53-55-49(37-19-7-2-8-20-37)50-48-42(41-25-13-15-27-44(41)60(50)53)33-34-46-47(48)43-26-14-16-28-45(43)59(46)54-57-51(38-21-9-3-10-22-38)56-52(58-54)39-23-11-4-12-24-39/h1-34H. The van der Waals surface area contributed by atoms with E-state index in [0.717, 1.165) is 88.3 Å². The van der Waals surface area contributed by atoms with Crippen molar-refractivity contribution in [3.8, 4) is 62.5 Å². The zero-order valence-electron chi connectivity index (χ0n) is 32.3. The Morgan fingerprint density at radius 3 is 1.43 bits per heavy atom. The van der Waals surface area contributed by atoms with Gasteiger partial charge < -0.3 is 0 Å². The van der Waals surface area contributed by atoms with E-state index >= 15 is 0 Å². The van der Waals surface area contributed by atoms with Crippen LogP contribution in [0, 0.1) is 0 Å². The molecule has 0 amide bonds. The van der Waals surface area contributed by atoms with Crippen molar-refractivity contribution in [3.63, 3.8) is 0 Å². The number of nitrogens with zero attached hydrogens (tertiary/aromatic N) is 6. The molecule has 0 bridgehead atoms. The van der Waals surface area contributed by atoms with Crippen molar-refractivity contribution in [2.24, 2.45) is 0 Å². The molecule has 4 heterocycles. The fourth-order valence-corrected chi connectivity index (χ4v) is 8.86. The van der Waals surface area contributed by atoms with E-state index in [1.165, 1.54) is 5.56 Å². The molecule has 60 heavy (non-hydrogen) atoms. The number of hydrogen-bond acceptors (Lipinski definition) is 4. The Hall–Kier alpha value is -8.22. The molecule has 0 radical (unpaired) electrons. The molecule has 0 atom stereocenters. The van der Waals surface area contributed by atoms with Crippen molar-refractivity contribution in [1.29, 1.82) is 0 Å². The highest BCUT2D eigenvalue weighted by Crippen LogP contribution is 2.45. The molecule has 4 aromatic heterocycles. The normalized spacial score (nSPS) is 11.7. The van der Waals surface area contributed by atoms with E-state index in [1.807, 2.05) is 60.7 Å². The Bertz CT molecular complexity index is 3500. The maximum absolute atomic E-state index is 5.60. The average molecular weight is 767 g/mol. The molecule has 0 unspecified atom stereocenters. The summed E-state index contributed by atoms with van der Waals surface area (Å²) in [5.41, 5.74) is 11.4. The zero-order chi connectivity index (χ0) is 39.6. The average Bonchev–Trinajstić information content (AvgIpc) is 3.90. The number of benzene rings is 8. The lowest BCUT2D eigenvalue weighted by molar-refractivity contribution is 0.953. The Balaban J connectivity index is 1.21. The van der Waals surface area contributed by atoms with Crippen LogP contribution in [0.2, 0.25) is 0 Å². The topological polar surface area (TPSA) is 60.9 Å². The molecule has 0 spiro atoms. The second-order valence-electron chi connectivity index (χ2n) is 15.0. The van der Waals surface area contributed by atoms with Gasteiger partial charge in [0.2, 0.25) is 5.95 Å². The first kappa shape index (κ1) is 33.9. The van der Waals surface area contributed by atoms with Gasteiger partial charge in [0.25, 0.3) is 0 Å². The van der Waals surface area contributed by atoms with Gasteiger partial charge in [-0.3, -0.25) is 8.97 Å². The Morgan fingerprint density at radius 2 is 0.800 bits per heavy atom. The number of fused-ring (bicyclic) bond motifs is 10. The van der Waals surface area contributed by atoms with Gasteiger partial charge in [-0.25, -0.2) is 9.97 Å². The van der Waals surface area contributed by atoms with Crippen LogP contribution in [0.15, 0.2) is 206 Å². The number of pyridine rings is 1. The lowest BCUT2D eigenvalue weighted by atomic mass is 9.98. The summed E-state index contributed by atoms with van der Waals surface area (Å²) in [5, 5.41) is 5.65. The lowest BCUT2D eigenvalue weighted by Gasteiger charge is -2.14. The molecule has 0 aliphatic heterocycles. The van der Waals surface area contributed by atoms with Gasteiger partial charge in [-0.1, -0.05) is 188 Å². The molecule has 8 aromatic carbocycles. The van der Waals surface area contributed by atoms with Crippen molar-refractivity contribution >= 4 is 49.0 Å². The van der Waals surface area contributed by atoms with E-state index in [1.54, 1.807) is 0 Å². The monoisotopic (exact) mass is 766 g/mol. The Labute approximate surface area is 345 Å². The van der Waals surface area contributed by atoms with Gasteiger partial charge in [0.1, 0.15) is 5.82 Å². The number of para-hydroxylation sites is 2. The van der Waals surface area contributed by atoms with E-state index in [9.17, 15) is 0 Å². The van der Waals surface area contributed by atoms with Crippen LogP contribution in [0.1, 0.15) is 0 Å². The van der Waals surface area contributed by atoms with Crippen LogP contribution in [-0.4, -0.2) is 28.9 Å². The predicted octanol–water partition coefficient (Wildman–Crippen LogP) is 13.3. The molecule has 0 aliphatic carbocycles. The van der Waals surface area contributed by atoms with Gasteiger partial charge in [0.05, 0.1) is 27.8 Å². The molecular formula is C54H34N6. The molecule has 6 heteroatoms. The van der Waals surface area contributed by atoms with Gasteiger partial charge in [0, 0.05) is 43.8 Å². The summed E-state index contributed by atoms with van der Waals surface area (Å²) in [6.07, 6.45) is 0. The minimum atomic E-state index is 0.557. The number of rotatable bonds is 6. The maximum atomic E-state index is 5.60. The van der Waals surface area contributed by atoms with E-state index in [4.69, 9.17) is 19.9 Å². The van der Waals surface area contributed by atoms with Crippen molar-refractivity contribution in [1.82, 2.24) is 28.9 Å². The summed E-state index contributed by atoms with van der Waals surface area (Å²) in [5.74, 6) is 2.68.